The van der Waals surface area contributed by atoms with Crippen LogP contribution in [0, 0.1) is 11.8 Å². The Kier molecular flexibility index (Phi) is 4.33. The van der Waals surface area contributed by atoms with E-state index >= 15 is 0 Å². The van der Waals surface area contributed by atoms with Crippen molar-refractivity contribution in [2.45, 2.75) is 45.1 Å². The van der Waals surface area contributed by atoms with Gasteiger partial charge >= 0.3 is 0 Å². The van der Waals surface area contributed by atoms with Crippen molar-refractivity contribution in [3.8, 4) is 0 Å². The Morgan fingerprint density at radius 1 is 1.13 bits per heavy atom. The lowest BCUT2D eigenvalue weighted by Gasteiger charge is -2.14. The van der Waals surface area contributed by atoms with Gasteiger partial charge in [0.25, 0.3) is 5.91 Å². The Hall–Kier alpha value is -1.06. The third kappa shape index (κ3) is 3.41. The lowest BCUT2D eigenvalue weighted by Crippen LogP contribution is -2.26. The third-order valence-corrected chi connectivity index (χ3v) is 5.79. The Morgan fingerprint density at radius 3 is 2.83 bits per heavy atom. The third-order valence-electron chi connectivity index (χ3n) is 5.49. The van der Waals surface area contributed by atoms with E-state index in [1.165, 1.54) is 37.7 Å². The lowest BCUT2D eigenvalue weighted by molar-refractivity contribution is 0.0771. The number of nitrogens with one attached hydrogen (secondary N) is 1. The molecule has 3 aliphatic rings. The molecule has 1 saturated heterocycles. The highest BCUT2D eigenvalue weighted by molar-refractivity contribution is 6.34. The van der Waals surface area contributed by atoms with Crippen LogP contribution in [0.5, 0.6) is 0 Å². The molecular weight excluding hydrogens is 308 g/mol. The van der Waals surface area contributed by atoms with Crippen molar-refractivity contribution in [1.29, 1.82) is 0 Å². The fourth-order valence-corrected chi connectivity index (χ4v) is 4.37. The van der Waals surface area contributed by atoms with Crippen LogP contribution in [0.15, 0.2) is 12.1 Å². The Balaban J connectivity index is 1.50. The summed E-state index contributed by atoms with van der Waals surface area (Å²) >= 11 is 6.48. The second kappa shape index (κ2) is 6.45. The van der Waals surface area contributed by atoms with Crippen LogP contribution in [0.3, 0.4) is 0 Å². The molecule has 2 aliphatic heterocycles. The maximum absolute atomic E-state index is 12.6. The number of carbonyl (C=O) groups excluding carboxylic acids is 1. The van der Waals surface area contributed by atoms with Crippen LogP contribution in [-0.2, 0) is 13.0 Å². The molecule has 1 N–H and O–H groups in total. The van der Waals surface area contributed by atoms with E-state index in [2.05, 4.69) is 11.4 Å². The molecular formula is C19H25ClN2O. The van der Waals surface area contributed by atoms with E-state index in [1.807, 2.05) is 11.0 Å². The van der Waals surface area contributed by atoms with Gasteiger partial charge in [0.05, 0.1) is 10.6 Å². The van der Waals surface area contributed by atoms with Crippen molar-refractivity contribution >= 4 is 17.5 Å². The maximum atomic E-state index is 12.6. The smallest absolute Gasteiger partial charge is 0.256 e. The zero-order valence-corrected chi connectivity index (χ0v) is 14.4. The first kappa shape index (κ1) is 15.5. The molecule has 1 aromatic carbocycles. The predicted octanol–water partition coefficient (Wildman–Crippen LogP) is 3.64. The molecule has 1 aromatic rings. The van der Waals surface area contributed by atoms with Crippen molar-refractivity contribution in [2.75, 3.05) is 19.6 Å². The number of halogens is 1. The van der Waals surface area contributed by atoms with Crippen molar-refractivity contribution in [2.24, 2.45) is 11.8 Å². The van der Waals surface area contributed by atoms with Gasteiger partial charge in [-0.15, -0.1) is 0 Å². The lowest BCUT2D eigenvalue weighted by atomic mass is 9.91. The molecule has 2 heterocycles. The number of benzene rings is 1. The summed E-state index contributed by atoms with van der Waals surface area (Å²) in [7, 11) is 0. The molecule has 3 nitrogen and oxygen atoms in total. The highest BCUT2D eigenvalue weighted by atomic mass is 35.5. The van der Waals surface area contributed by atoms with E-state index in [4.69, 9.17) is 11.6 Å². The fourth-order valence-electron chi connectivity index (χ4n) is 4.03. The van der Waals surface area contributed by atoms with Crippen LogP contribution in [0.2, 0.25) is 5.02 Å². The van der Waals surface area contributed by atoms with Gasteiger partial charge in [0.1, 0.15) is 0 Å². The molecule has 1 atom stereocenters. The Bertz CT molecular complexity index is 604. The van der Waals surface area contributed by atoms with Crippen molar-refractivity contribution in [3.63, 3.8) is 0 Å². The highest BCUT2D eigenvalue weighted by Gasteiger charge is 2.34. The van der Waals surface area contributed by atoms with E-state index in [1.54, 1.807) is 0 Å². The highest BCUT2D eigenvalue weighted by Crippen LogP contribution is 2.36. The quantitative estimate of drug-likeness (QED) is 0.913. The Morgan fingerprint density at radius 2 is 2.00 bits per heavy atom. The summed E-state index contributed by atoms with van der Waals surface area (Å²) in [6, 6.07) is 4.28. The van der Waals surface area contributed by atoms with Gasteiger partial charge in [-0.1, -0.05) is 17.7 Å². The zero-order valence-electron chi connectivity index (χ0n) is 13.6. The molecule has 4 heteroatoms. The van der Waals surface area contributed by atoms with Gasteiger partial charge < -0.3 is 10.2 Å². The summed E-state index contributed by atoms with van der Waals surface area (Å²) in [6.45, 7) is 3.93. The minimum atomic E-state index is 0.141. The van der Waals surface area contributed by atoms with Crippen LogP contribution in [0.1, 0.15) is 53.6 Å². The van der Waals surface area contributed by atoms with Gasteiger partial charge in [-0.25, -0.2) is 0 Å². The number of amides is 1. The van der Waals surface area contributed by atoms with Crippen LogP contribution in [0.4, 0.5) is 0 Å². The van der Waals surface area contributed by atoms with Gasteiger partial charge in [-0.05, 0) is 80.6 Å². The first-order chi connectivity index (χ1) is 11.2. The monoisotopic (exact) mass is 332 g/mol. The molecule has 0 bridgehead atoms. The van der Waals surface area contributed by atoms with E-state index in [0.29, 0.717) is 5.02 Å². The molecule has 1 saturated carbocycles. The summed E-state index contributed by atoms with van der Waals surface area (Å²) in [4.78, 5) is 14.6. The van der Waals surface area contributed by atoms with Crippen LogP contribution >= 0.6 is 11.6 Å². The van der Waals surface area contributed by atoms with Gasteiger partial charge in [0.2, 0.25) is 0 Å². The SMILES string of the molecule is O=C1c2c(Cl)cc(CC3CCCNCC3)cc2CN1CC1CC1. The van der Waals surface area contributed by atoms with Crippen LogP contribution < -0.4 is 5.32 Å². The van der Waals surface area contributed by atoms with E-state index in [0.717, 1.165) is 55.6 Å². The van der Waals surface area contributed by atoms with Gasteiger partial charge in [0, 0.05) is 13.1 Å². The molecule has 1 amide bonds. The topological polar surface area (TPSA) is 32.3 Å². The van der Waals surface area contributed by atoms with E-state index < -0.39 is 0 Å². The minimum Gasteiger partial charge on any atom is -0.334 e. The molecule has 4 rings (SSSR count). The van der Waals surface area contributed by atoms with Gasteiger partial charge in [0.15, 0.2) is 0 Å². The number of fused-ring (bicyclic) bond motifs is 1. The largest absolute Gasteiger partial charge is 0.334 e. The molecule has 2 fully saturated rings. The number of rotatable bonds is 4. The van der Waals surface area contributed by atoms with Crippen LogP contribution in [-0.4, -0.2) is 30.4 Å². The molecule has 0 radical (unpaired) electrons. The molecule has 1 aliphatic carbocycles. The summed E-state index contributed by atoms with van der Waals surface area (Å²) in [6.07, 6.45) is 7.42. The average molecular weight is 333 g/mol. The number of hydrogen-bond acceptors (Lipinski definition) is 2. The number of hydrogen-bond donors (Lipinski definition) is 1. The Labute approximate surface area is 143 Å². The average Bonchev–Trinajstić information content (AvgIpc) is 3.29. The maximum Gasteiger partial charge on any atom is 0.256 e. The molecule has 1 unspecified atom stereocenters. The standard InChI is InChI=1S/C19H25ClN2O/c20-17-10-15(8-13-2-1-6-21-7-5-13)9-16-12-22(11-14-3-4-14)19(23)18(16)17/h9-10,13-14,21H,1-8,11-12H2. The predicted molar refractivity (Wildman–Crippen MR) is 92.8 cm³/mol. The van der Waals surface area contributed by atoms with Crippen molar-refractivity contribution in [3.05, 3.63) is 33.8 Å². The minimum absolute atomic E-state index is 0.141. The summed E-state index contributed by atoms with van der Waals surface area (Å²) in [5.41, 5.74) is 3.21. The van der Waals surface area contributed by atoms with Crippen molar-refractivity contribution in [1.82, 2.24) is 10.2 Å². The second-order valence-electron chi connectivity index (χ2n) is 7.49. The summed E-state index contributed by atoms with van der Waals surface area (Å²) in [5.74, 6) is 1.60. The van der Waals surface area contributed by atoms with Crippen LogP contribution in [0.25, 0.3) is 0 Å². The molecule has 0 aromatic heterocycles. The summed E-state index contributed by atoms with van der Waals surface area (Å²) < 4.78 is 0. The molecule has 23 heavy (non-hydrogen) atoms. The second-order valence-corrected chi connectivity index (χ2v) is 7.90. The van der Waals surface area contributed by atoms with E-state index in [-0.39, 0.29) is 5.91 Å². The first-order valence-electron chi connectivity index (χ1n) is 9.02. The number of nitrogens with zero attached hydrogens (tertiary/aromatic N) is 1. The first-order valence-corrected chi connectivity index (χ1v) is 9.40. The summed E-state index contributed by atoms with van der Waals surface area (Å²) in [5, 5.41) is 4.13. The molecule has 124 valence electrons. The van der Waals surface area contributed by atoms with Crippen molar-refractivity contribution < 1.29 is 4.79 Å². The molecule has 0 spiro atoms. The van der Waals surface area contributed by atoms with E-state index in [9.17, 15) is 4.79 Å². The van der Waals surface area contributed by atoms with Gasteiger partial charge in [-0.2, -0.15) is 0 Å². The normalized spacial score (nSPS) is 24.7. The van der Waals surface area contributed by atoms with Gasteiger partial charge in [-0.3, -0.25) is 4.79 Å². The zero-order chi connectivity index (χ0) is 15.8. The fraction of sp³-hybridized carbons (Fsp3) is 0.632. The number of carbonyl (C=O) groups is 1.